The lowest BCUT2D eigenvalue weighted by molar-refractivity contribution is -0.139. The molecular formula is C15H22N2O3. The first-order chi connectivity index (χ1) is 9.56. The zero-order chi connectivity index (χ0) is 15.0. The van der Waals surface area contributed by atoms with Crippen molar-refractivity contribution in [3.8, 4) is 5.75 Å². The summed E-state index contributed by atoms with van der Waals surface area (Å²) >= 11 is 0. The minimum Gasteiger partial charge on any atom is -0.494 e. The van der Waals surface area contributed by atoms with E-state index in [2.05, 4.69) is 10.6 Å². The van der Waals surface area contributed by atoms with E-state index in [1.54, 1.807) is 0 Å². The Morgan fingerprint density at radius 2 is 1.80 bits per heavy atom. The number of benzene rings is 1. The van der Waals surface area contributed by atoms with E-state index in [9.17, 15) is 9.59 Å². The number of carbonyl (C=O) groups excluding carboxylic acids is 2. The number of hydrogen-bond acceptors (Lipinski definition) is 3. The first-order valence-corrected chi connectivity index (χ1v) is 6.87. The quantitative estimate of drug-likeness (QED) is 0.777. The van der Waals surface area contributed by atoms with Crippen LogP contribution in [0.1, 0.15) is 32.8 Å². The summed E-state index contributed by atoms with van der Waals surface area (Å²) in [5.41, 5.74) is 0.915. The third kappa shape index (κ3) is 5.30. The fourth-order valence-corrected chi connectivity index (χ4v) is 1.52. The molecule has 1 atom stereocenters. The van der Waals surface area contributed by atoms with Crippen molar-refractivity contribution in [3.05, 3.63) is 29.8 Å². The molecule has 0 unspecified atom stereocenters. The zero-order valence-electron chi connectivity index (χ0n) is 12.2. The van der Waals surface area contributed by atoms with Gasteiger partial charge in [0, 0.05) is 12.6 Å². The molecule has 0 aliphatic rings. The Labute approximate surface area is 119 Å². The van der Waals surface area contributed by atoms with E-state index in [1.165, 1.54) is 0 Å². The molecule has 2 N–H and O–H groups in total. The van der Waals surface area contributed by atoms with Gasteiger partial charge in [-0.25, -0.2) is 0 Å². The summed E-state index contributed by atoms with van der Waals surface area (Å²) in [6.07, 6.45) is 0.790. The Hall–Kier alpha value is -2.04. The molecule has 1 rings (SSSR count). The van der Waals surface area contributed by atoms with Crippen molar-refractivity contribution >= 4 is 11.8 Å². The van der Waals surface area contributed by atoms with Gasteiger partial charge in [-0.3, -0.25) is 9.59 Å². The smallest absolute Gasteiger partial charge is 0.309 e. The van der Waals surface area contributed by atoms with Crippen LogP contribution in [-0.2, 0) is 16.1 Å². The monoisotopic (exact) mass is 278 g/mol. The van der Waals surface area contributed by atoms with Gasteiger partial charge in [-0.1, -0.05) is 19.1 Å². The fourth-order valence-electron chi connectivity index (χ4n) is 1.52. The van der Waals surface area contributed by atoms with Crippen molar-refractivity contribution in [1.82, 2.24) is 10.6 Å². The highest BCUT2D eigenvalue weighted by Crippen LogP contribution is 2.11. The van der Waals surface area contributed by atoms with E-state index in [0.29, 0.717) is 13.2 Å². The van der Waals surface area contributed by atoms with Crippen molar-refractivity contribution in [2.24, 2.45) is 0 Å². The largest absolute Gasteiger partial charge is 0.494 e. The van der Waals surface area contributed by atoms with Crippen LogP contribution in [-0.4, -0.2) is 24.5 Å². The minimum absolute atomic E-state index is 0.00118. The number of ether oxygens (including phenoxy) is 1. The van der Waals surface area contributed by atoms with Gasteiger partial charge in [0.15, 0.2) is 0 Å². The van der Waals surface area contributed by atoms with Crippen molar-refractivity contribution in [2.45, 2.75) is 39.8 Å². The van der Waals surface area contributed by atoms with E-state index in [0.717, 1.165) is 17.7 Å². The predicted octanol–water partition coefficient (Wildman–Crippen LogP) is 1.62. The molecule has 0 aromatic heterocycles. The number of amides is 2. The molecule has 0 aliphatic carbocycles. The summed E-state index contributed by atoms with van der Waals surface area (Å²) in [5.74, 6) is -0.415. The van der Waals surface area contributed by atoms with Crippen LogP contribution < -0.4 is 15.4 Å². The number of nitrogens with one attached hydrogen (secondary N) is 2. The fraction of sp³-hybridized carbons (Fsp3) is 0.467. The third-order valence-corrected chi connectivity index (χ3v) is 2.88. The van der Waals surface area contributed by atoms with Crippen LogP contribution in [0.5, 0.6) is 5.75 Å². The van der Waals surface area contributed by atoms with Crippen LogP contribution >= 0.6 is 0 Å². The van der Waals surface area contributed by atoms with Crippen LogP contribution in [0.15, 0.2) is 24.3 Å². The van der Waals surface area contributed by atoms with Gasteiger partial charge in [0.2, 0.25) is 0 Å². The first kappa shape index (κ1) is 16.0. The molecule has 0 bridgehead atoms. The number of rotatable bonds is 6. The normalized spacial score (nSPS) is 11.6. The molecule has 1 aromatic rings. The molecule has 0 heterocycles. The van der Waals surface area contributed by atoms with Crippen molar-refractivity contribution in [3.63, 3.8) is 0 Å². The van der Waals surface area contributed by atoms with Gasteiger partial charge in [-0.15, -0.1) is 0 Å². The molecule has 0 spiro atoms. The van der Waals surface area contributed by atoms with Gasteiger partial charge < -0.3 is 15.4 Å². The Balaban J connectivity index is 2.42. The lowest BCUT2D eigenvalue weighted by Crippen LogP contribution is -2.43. The number of carbonyl (C=O) groups is 2. The summed E-state index contributed by atoms with van der Waals surface area (Å²) in [5, 5.41) is 5.21. The van der Waals surface area contributed by atoms with E-state index < -0.39 is 11.8 Å². The van der Waals surface area contributed by atoms with Gasteiger partial charge in [0.25, 0.3) is 0 Å². The molecule has 20 heavy (non-hydrogen) atoms. The van der Waals surface area contributed by atoms with Crippen LogP contribution in [0.2, 0.25) is 0 Å². The molecule has 0 fully saturated rings. The second kappa shape index (κ2) is 8.19. The van der Waals surface area contributed by atoms with Gasteiger partial charge in [0.1, 0.15) is 5.75 Å². The molecule has 0 saturated heterocycles. The van der Waals surface area contributed by atoms with Crippen LogP contribution in [0.3, 0.4) is 0 Å². The summed E-state index contributed by atoms with van der Waals surface area (Å²) in [6.45, 7) is 6.66. The molecule has 5 heteroatoms. The Bertz CT molecular complexity index is 443. The maximum Gasteiger partial charge on any atom is 0.309 e. The Kier molecular flexibility index (Phi) is 6.56. The summed E-state index contributed by atoms with van der Waals surface area (Å²) in [4.78, 5) is 23.1. The van der Waals surface area contributed by atoms with Crippen LogP contribution in [0.25, 0.3) is 0 Å². The minimum atomic E-state index is -0.612. The van der Waals surface area contributed by atoms with E-state index in [-0.39, 0.29) is 6.04 Å². The lowest BCUT2D eigenvalue weighted by Gasteiger charge is -2.11. The average Bonchev–Trinajstić information content (AvgIpc) is 2.46. The average molecular weight is 278 g/mol. The van der Waals surface area contributed by atoms with Gasteiger partial charge >= 0.3 is 11.8 Å². The lowest BCUT2D eigenvalue weighted by atomic mass is 10.2. The second-order valence-corrected chi connectivity index (χ2v) is 4.54. The van der Waals surface area contributed by atoms with Crippen molar-refractivity contribution in [1.29, 1.82) is 0 Å². The summed E-state index contributed by atoms with van der Waals surface area (Å²) in [6, 6.07) is 7.39. The topological polar surface area (TPSA) is 67.4 Å². The third-order valence-electron chi connectivity index (χ3n) is 2.88. The zero-order valence-corrected chi connectivity index (χ0v) is 12.2. The maximum absolute atomic E-state index is 11.6. The van der Waals surface area contributed by atoms with Gasteiger partial charge in [-0.2, -0.15) is 0 Å². The summed E-state index contributed by atoms with van der Waals surface area (Å²) < 4.78 is 5.33. The summed E-state index contributed by atoms with van der Waals surface area (Å²) in [7, 11) is 0. The van der Waals surface area contributed by atoms with Crippen LogP contribution in [0.4, 0.5) is 0 Å². The predicted molar refractivity (Wildman–Crippen MR) is 77.4 cm³/mol. The maximum atomic E-state index is 11.6. The van der Waals surface area contributed by atoms with Gasteiger partial charge in [-0.05, 0) is 38.0 Å². The van der Waals surface area contributed by atoms with E-state index >= 15 is 0 Å². The standard InChI is InChI=1S/C15H22N2O3/c1-4-11(3)17-15(19)14(18)16-10-12-6-8-13(9-7-12)20-5-2/h6-9,11H,4-5,10H2,1-3H3,(H,16,18)(H,17,19)/t11-/m1/s1. The van der Waals surface area contributed by atoms with E-state index in [4.69, 9.17) is 4.74 Å². The van der Waals surface area contributed by atoms with E-state index in [1.807, 2.05) is 45.0 Å². The van der Waals surface area contributed by atoms with Crippen molar-refractivity contribution < 1.29 is 14.3 Å². The Morgan fingerprint density at radius 1 is 1.15 bits per heavy atom. The molecule has 0 radical (unpaired) electrons. The molecular weight excluding hydrogens is 256 g/mol. The molecule has 0 aliphatic heterocycles. The molecule has 1 aromatic carbocycles. The highest BCUT2D eigenvalue weighted by Gasteiger charge is 2.14. The number of hydrogen-bond donors (Lipinski definition) is 2. The van der Waals surface area contributed by atoms with Crippen LogP contribution in [0, 0.1) is 0 Å². The van der Waals surface area contributed by atoms with Gasteiger partial charge in [0.05, 0.1) is 6.61 Å². The van der Waals surface area contributed by atoms with Crippen molar-refractivity contribution in [2.75, 3.05) is 6.61 Å². The molecule has 2 amide bonds. The molecule has 5 nitrogen and oxygen atoms in total. The Morgan fingerprint density at radius 3 is 2.35 bits per heavy atom. The SMILES string of the molecule is CCOc1ccc(CNC(=O)C(=O)N[C@H](C)CC)cc1. The highest BCUT2D eigenvalue weighted by atomic mass is 16.5. The highest BCUT2D eigenvalue weighted by molar-refractivity contribution is 6.35. The second-order valence-electron chi connectivity index (χ2n) is 4.54. The molecule has 110 valence electrons. The first-order valence-electron chi connectivity index (χ1n) is 6.87. The molecule has 0 saturated carbocycles.